The van der Waals surface area contributed by atoms with Crippen LogP contribution in [0.3, 0.4) is 0 Å². The summed E-state index contributed by atoms with van der Waals surface area (Å²) in [6.45, 7) is 0. The third-order valence-electron chi connectivity index (χ3n) is 3.61. The minimum atomic E-state index is -3.60. The van der Waals surface area contributed by atoms with E-state index >= 15 is 0 Å². The van der Waals surface area contributed by atoms with Crippen LogP contribution in [0.1, 0.15) is 10.4 Å². The third kappa shape index (κ3) is 3.70. The first-order valence-corrected chi connectivity index (χ1v) is 8.96. The predicted molar refractivity (Wildman–Crippen MR) is 94.4 cm³/mol. The number of sulfone groups is 1. The van der Waals surface area contributed by atoms with E-state index in [9.17, 15) is 18.3 Å². The van der Waals surface area contributed by atoms with Gasteiger partial charge in [0.25, 0.3) is 5.91 Å². The number of hydrogen-bond acceptors (Lipinski definition) is 4. The molecular weight excluding hydrogens is 338 g/mol. The molecule has 6 heteroatoms. The fraction of sp³-hybridized carbons (Fsp3) is 0. The van der Waals surface area contributed by atoms with E-state index in [1.165, 1.54) is 48.5 Å². The number of aromatic hydroxyl groups is 1. The number of phenolic OH excluding ortho intramolecular Hbond substituents is 1. The van der Waals surface area contributed by atoms with Crippen LogP contribution in [-0.4, -0.2) is 19.4 Å². The van der Waals surface area contributed by atoms with E-state index in [2.05, 4.69) is 5.32 Å². The van der Waals surface area contributed by atoms with Crippen LogP contribution in [0.4, 0.5) is 5.69 Å². The maximum atomic E-state index is 12.5. The molecule has 0 bridgehead atoms. The lowest BCUT2D eigenvalue weighted by molar-refractivity contribution is 0.102. The van der Waals surface area contributed by atoms with Crippen molar-refractivity contribution in [3.63, 3.8) is 0 Å². The van der Waals surface area contributed by atoms with Crippen molar-refractivity contribution in [1.82, 2.24) is 0 Å². The fourth-order valence-corrected chi connectivity index (χ4v) is 3.55. The zero-order chi connectivity index (χ0) is 17.9. The molecule has 126 valence electrons. The number of rotatable bonds is 4. The molecule has 0 aliphatic heterocycles. The van der Waals surface area contributed by atoms with E-state index in [1.54, 1.807) is 30.3 Å². The average molecular weight is 353 g/mol. The molecule has 3 aromatic rings. The molecule has 0 aromatic heterocycles. The molecule has 5 nitrogen and oxygen atoms in total. The highest BCUT2D eigenvalue weighted by Gasteiger charge is 2.17. The molecule has 2 N–H and O–H groups in total. The van der Waals surface area contributed by atoms with E-state index in [0.717, 1.165) is 0 Å². The second kappa shape index (κ2) is 6.78. The van der Waals surface area contributed by atoms with Crippen LogP contribution in [0.15, 0.2) is 88.7 Å². The van der Waals surface area contributed by atoms with Crippen molar-refractivity contribution >= 4 is 21.4 Å². The summed E-state index contributed by atoms with van der Waals surface area (Å²) in [5.74, 6) is -0.261. The summed E-state index contributed by atoms with van der Waals surface area (Å²) in [7, 11) is -3.60. The Bertz CT molecular complexity index is 980. The number of carbonyl (C=O) groups is 1. The Hall–Kier alpha value is -3.12. The molecule has 0 fully saturated rings. The lowest BCUT2D eigenvalue weighted by Gasteiger charge is -2.07. The van der Waals surface area contributed by atoms with Crippen LogP contribution in [0.25, 0.3) is 0 Å². The largest absolute Gasteiger partial charge is 0.508 e. The Morgan fingerprint density at radius 3 is 1.92 bits per heavy atom. The van der Waals surface area contributed by atoms with E-state index in [4.69, 9.17) is 0 Å². The van der Waals surface area contributed by atoms with Gasteiger partial charge in [0.2, 0.25) is 9.84 Å². The number of carbonyl (C=O) groups excluding carboxylic acids is 1. The average Bonchev–Trinajstić information content (AvgIpc) is 2.64. The monoisotopic (exact) mass is 353 g/mol. The van der Waals surface area contributed by atoms with Gasteiger partial charge in [-0.15, -0.1) is 0 Å². The second-order valence-electron chi connectivity index (χ2n) is 5.34. The Kier molecular flexibility index (Phi) is 4.54. The molecule has 0 saturated heterocycles. The Labute approximate surface area is 145 Å². The number of amides is 1. The smallest absolute Gasteiger partial charge is 0.255 e. The number of benzene rings is 3. The van der Waals surface area contributed by atoms with Gasteiger partial charge in [-0.3, -0.25) is 4.79 Å². The quantitative estimate of drug-likeness (QED) is 0.704. The van der Waals surface area contributed by atoms with Crippen molar-refractivity contribution in [3.05, 3.63) is 84.4 Å². The Morgan fingerprint density at radius 2 is 1.32 bits per heavy atom. The van der Waals surface area contributed by atoms with Crippen molar-refractivity contribution in [1.29, 1.82) is 0 Å². The first-order valence-electron chi connectivity index (χ1n) is 7.47. The van der Waals surface area contributed by atoms with Crippen LogP contribution in [0.2, 0.25) is 0 Å². The van der Waals surface area contributed by atoms with Gasteiger partial charge in [-0.2, -0.15) is 0 Å². The van der Waals surface area contributed by atoms with E-state index in [-0.39, 0.29) is 21.4 Å². The summed E-state index contributed by atoms with van der Waals surface area (Å²) < 4.78 is 25.0. The van der Waals surface area contributed by atoms with Gasteiger partial charge < -0.3 is 10.4 Å². The summed E-state index contributed by atoms with van der Waals surface area (Å²) in [4.78, 5) is 12.5. The van der Waals surface area contributed by atoms with Crippen molar-refractivity contribution in [2.75, 3.05) is 5.32 Å². The molecule has 0 radical (unpaired) electrons. The molecule has 0 heterocycles. The van der Waals surface area contributed by atoms with Crippen LogP contribution in [0.5, 0.6) is 5.75 Å². The van der Waals surface area contributed by atoms with Crippen molar-refractivity contribution in [2.45, 2.75) is 9.79 Å². The fourth-order valence-electron chi connectivity index (χ4n) is 2.27. The van der Waals surface area contributed by atoms with Gasteiger partial charge in [0.15, 0.2) is 0 Å². The molecule has 0 atom stereocenters. The third-order valence-corrected chi connectivity index (χ3v) is 5.39. The molecule has 0 saturated carbocycles. The highest BCUT2D eigenvalue weighted by molar-refractivity contribution is 7.91. The molecule has 0 aliphatic rings. The lowest BCUT2D eigenvalue weighted by Crippen LogP contribution is -2.12. The molecule has 0 spiro atoms. The van der Waals surface area contributed by atoms with Gasteiger partial charge in [0, 0.05) is 11.3 Å². The summed E-state index contributed by atoms with van der Waals surface area (Å²) in [6.07, 6.45) is 0. The highest BCUT2D eigenvalue weighted by atomic mass is 32.2. The molecule has 0 aliphatic carbocycles. The topological polar surface area (TPSA) is 83.5 Å². The highest BCUT2D eigenvalue weighted by Crippen LogP contribution is 2.21. The first kappa shape index (κ1) is 16.7. The molecule has 3 rings (SSSR count). The van der Waals surface area contributed by atoms with Crippen molar-refractivity contribution in [3.8, 4) is 5.75 Å². The normalized spacial score (nSPS) is 11.0. The maximum Gasteiger partial charge on any atom is 0.255 e. The number of anilines is 1. The molecular formula is C19H15NO4S. The predicted octanol–water partition coefficient (Wildman–Crippen LogP) is 3.48. The lowest BCUT2D eigenvalue weighted by atomic mass is 10.2. The zero-order valence-corrected chi connectivity index (χ0v) is 13.9. The second-order valence-corrected chi connectivity index (χ2v) is 7.29. The molecule has 1 amide bonds. The standard InChI is InChI=1S/C19H15NO4S/c21-16-10-8-15(9-11-16)20-19(22)14-6-12-18(13-7-14)25(23,24)17-4-2-1-3-5-17/h1-13,21H,(H,20,22). The van der Waals surface area contributed by atoms with Crippen LogP contribution < -0.4 is 5.32 Å². The van der Waals surface area contributed by atoms with E-state index in [0.29, 0.717) is 11.3 Å². The number of phenols is 1. The van der Waals surface area contributed by atoms with E-state index in [1.807, 2.05) is 0 Å². The van der Waals surface area contributed by atoms with Gasteiger partial charge in [-0.1, -0.05) is 18.2 Å². The van der Waals surface area contributed by atoms with Crippen LogP contribution in [-0.2, 0) is 9.84 Å². The summed E-state index contributed by atoms with van der Waals surface area (Å²) in [5.41, 5.74) is 0.865. The molecule has 3 aromatic carbocycles. The number of nitrogens with one attached hydrogen (secondary N) is 1. The van der Waals surface area contributed by atoms with Crippen LogP contribution >= 0.6 is 0 Å². The van der Waals surface area contributed by atoms with Gasteiger partial charge in [0.1, 0.15) is 5.75 Å². The Balaban J connectivity index is 1.80. The summed E-state index contributed by atoms with van der Waals surface area (Å²) >= 11 is 0. The molecule has 0 unspecified atom stereocenters. The summed E-state index contributed by atoms with van der Waals surface area (Å²) in [6, 6.07) is 19.9. The van der Waals surface area contributed by atoms with Gasteiger partial charge >= 0.3 is 0 Å². The SMILES string of the molecule is O=C(Nc1ccc(O)cc1)c1ccc(S(=O)(=O)c2ccccc2)cc1. The summed E-state index contributed by atoms with van der Waals surface area (Å²) in [5, 5.41) is 11.9. The van der Waals surface area contributed by atoms with E-state index < -0.39 is 9.84 Å². The van der Waals surface area contributed by atoms with Crippen LogP contribution in [0, 0.1) is 0 Å². The van der Waals surface area contributed by atoms with Gasteiger partial charge in [0.05, 0.1) is 9.79 Å². The first-order chi connectivity index (χ1) is 12.0. The minimum Gasteiger partial charge on any atom is -0.508 e. The minimum absolute atomic E-state index is 0.105. The van der Waals surface area contributed by atoms with Crippen molar-refractivity contribution < 1.29 is 18.3 Å². The van der Waals surface area contributed by atoms with Gasteiger partial charge in [-0.25, -0.2) is 8.42 Å². The number of hydrogen-bond donors (Lipinski definition) is 2. The Morgan fingerprint density at radius 1 is 0.760 bits per heavy atom. The van der Waals surface area contributed by atoms with Gasteiger partial charge in [-0.05, 0) is 60.7 Å². The maximum absolute atomic E-state index is 12.5. The zero-order valence-electron chi connectivity index (χ0n) is 13.1. The molecule has 25 heavy (non-hydrogen) atoms. The van der Waals surface area contributed by atoms with Crippen molar-refractivity contribution in [2.24, 2.45) is 0 Å².